The maximum absolute atomic E-state index is 12.8. The monoisotopic (exact) mass is 332 g/mol. The molecular formula is C16H20N4O2S. The molecule has 0 saturated carbocycles. The van der Waals surface area contributed by atoms with E-state index in [0.717, 1.165) is 36.1 Å². The maximum Gasteiger partial charge on any atom is 0.264 e. The van der Waals surface area contributed by atoms with E-state index in [-0.39, 0.29) is 5.91 Å². The Bertz CT molecular complexity index is 726. The molecule has 0 unspecified atom stereocenters. The van der Waals surface area contributed by atoms with Crippen molar-refractivity contribution in [3.63, 3.8) is 0 Å². The van der Waals surface area contributed by atoms with Crippen molar-refractivity contribution in [3.05, 3.63) is 33.0 Å². The summed E-state index contributed by atoms with van der Waals surface area (Å²) < 4.78 is 7.62. The van der Waals surface area contributed by atoms with Crippen LogP contribution in [0.15, 0.2) is 6.07 Å². The molecule has 7 heteroatoms. The average Bonchev–Trinajstić information content (AvgIpc) is 3.17. The predicted molar refractivity (Wildman–Crippen MR) is 86.5 cm³/mol. The summed E-state index contributed by atoms with van der Waals surface area (Å²) in [7, 11) is 0. The molecule has 0 N–H and O–H groups in total. The molecule has 23 heavy (non-hydrogen) atoms. The van der Waals surface area contributed by atoms with Gasteiger partial charge in [0.2, 0.25) is 0 Å². The minimum atomic E-state index is 0.102. The van der Waals surface area contributed by atoms with Crippen LogP contribution in [0.2, 0.25) is 0 Å². The normalized spacial score (nSPS) is 17.3. The highest BCUT2D eigenvalue weighted by Crippen LogP contribution is 2.29. The number of fused-ring (bicyclic) bond motifs is 2. The van der Waals surface area contributed by atoms with E-state index in [2.05, 4.69) is 28.6 Å². The van der Waals surface area contributed by atoms with Crippen LogP contribution in [0.1, 0.15) is 51.5 Å². The van der Waals surface area contributed by atoms with Crippen molar-refractivity contribution in [1.82, 2.24) is 19.7 Å². The predicted octanol–water partition coefficient (Wildman–Crippen LogP) is 2.19. The summed E-state index contributed by atoms with van der Waals surface area (Å²) >= 11 is 1.61. The first-order valence-corrected chi connectivity index (χ1v) is 8.85. The number of aromatic nitrogens is 3. The Morgan fingerprint density at radius 2 is 2.22 bits per heavy atom. The van der Waals surface area contributed by atoms with Crippen LogP contribution in [0.25, 0.3) is 0 Å². The Labute approximate surface area is 139 Å². The van der Waals surface area contributed by atoms with Gasteiger partial charge in [-0.3, -0.25) is 4.79 Å². The van der Waals surface area contributed by atoms with Crippen LogP contribution < -0.4 is 0 Å². The van der Waals surface area contributed by atoms with Gasteiger partial charge in [-0.15, -0.1) is 21.5 Å². The Balaban J connectivity index is 1.55. The van der Waals surface area contributed by atoms with Crippen LogP contribution in [-0.2, 0) is 30.9 Å². The van der Waals surface area contributed by atoms with E-state index in [1.54, 1.807) is 11.3 Å². The lowest BCUT2D eigenvalue weighted by Crippen LogP contribution is -2.38. The molecule has 2 aromatic rings. The molecule has 0 aromatic carbocycles. The topological polar surface area (TPSA) is 60.2 Å². The van der Waals surface area contributed by atoms with Crippen molar-refractivity contribution < 1.29 is 9.53 Å². The zero-order valence-corrected chi connectivity index (χ0v) is 14.2. The van der Waals surface area contributed by atoms with Gasteiger partial charge in [0.25, 0.3) is 5.91 Å². The maximum atomic E-state index is 12.8. The summed E-state index contributed by atoms with van der Waals surface area (Å²) in [6, 6.07) is 2.00. The minimum absolute atomic E-state index is 0.102. The fourth-order valence-electron chi connectivity index (χ4n) is 3.19. The van der Waals surface area contributed by atoms with Gasteiger partial charge >= 0.3 is 0 Å². The van der Waals surface area contributed by atoms with Gasteiger partial charge in [-0.1, -0.05) is 13.8 Å². The third-order valence-corrected chi connectivity index (χ3v) is 5.65. The lowest BCUT2D eigenvalue weighted by Gasteiger charge is -2.27. The SMILES string of the molecule is CC(C)c1nnc2n1CCN(C(=O)c1cc3c(s1)CCOC3)C2. The van der Waals surface area contributed by atoms with E-state index < -0.39 is 0 Å². The van der Waals surface area contributed by atoms with E-state index in [9.17, 15) is 4.79 Å². The number of hydrogen-bond acceptors (Lipinski definition) is 5. The molecule has 0 fully saturated rings. The van der Waals surface area contributed by atoms with Gasteiger partial charge < -0.3 is 14.2 Å². The van der Waals surface area contributed by atoms with Crippen molar-refractivity contribution in [2.45, 2.75) is 45.9 Å². The fraction of sp³-hybridized carbons (Fsp3) is 0.562. The molecule has 6 nitrogen and oxygen atoms in total. The van der Waals surface area contributed by atoms with Crippen LogP contribution in [0.4, 0.5) is 0 Å². The van der Waals surface area contributed by atoms with Crippen LogP contribution in [0, 0.1) is 0 Å². The summed E-state index contributed by atoms with van der Waals surface area (Å²) in [5.74, 6) is 2.35. The molecule has 0 spiro atoms. The quantitative estimate of drug-likeness (QED) is 0.846. The number of nitrogens with zero attached hydrogens (tertiary/aromatic N) is 4. The van der Waals surface area contributed by atoms with Gasteiger partial charge in [0.15, 0.2) is 5.82 Å². The van der Waals surface area contributed by atoms with Gasteiger partial charge in [0.1, 0.15) is 5.82 Å². The summed E-state index contributed by atoms with van der Waals surface area (Å²) in [5, 5.41) is 8.55. The van der Waals surface area contributed by atoms with E-state index in [1.807, 2.05) is 11.0 Å². The molecule has 0 radical (unpaired) electrons. The standard InChI is InChI=1S/C16H20N4O2S/c1-10(2)15-18-17-14-8-19(4-5-20(14)15)16(21)13-7-11-9-22-6-3-12(11)23-13/h7,10H,3-6,8-9H2,1-2H3. The highest BCUT2D eigenvalue weighted by atomic mass is 32.1. The molecule has 122 valence electrons. The summed E-state index contributed by atoms with van der Waals surface area (Å²) in [6.45, 7) is 7.65. The smallest absolute Gasteiger partial charge is 0.264 e. The van der Waals surface area contributed by atoms with E-state index >= 15 is 0 Å². The molecular weight excluding hydrogens is 312 g/mol. The first-order valence-electron chi connectivity index (χ1n) is 8.04. The Morgan fingerprint density at radius 1 is 1.35 bits per heavy atom. The zero-order valence-electron chi connectivity index (χ0n) is 13.4. The number of ether oxygens (including phenoxy) is 1. The Hall–Kier alpha value is -1.73. The molecule has 0 atom stereocenters. The van der Waals surface area contributed by atoms with Crippen molar-refractivity contribution in [3.8, 4) is 0 Å². The molecule has 0 aliphatic carbocycles. The number of thiophene rings is 1. The molecule has 1 amide bonds. The summed E-state index contributed by atoms with van der Waals surface area (Å²) in [4.78, 5) is 16.8. The van der Waals surface area contributed by atoms with Gasteiger partial charge in [-0.25, -0.2) is 0 Å². The van der Waals surface area contributed by atoms with Gasteiger partial charge in [0.05, 0.1) is 24.6 Å². The van der Waals surface area contributed by atoms with Crippen molar-refractivity contribution in [2.24, 2.45) is 0 Å². The van der Waals surface area contributed by atoms with Crippen LogP contribution >= 0.6 is 11.3 Å². The average molecular weight is 332 g/mol. The Kier molecular flexibility index (Phi) is 3.69. The fourth-order valence-corrected chi connectivity index (χ4v) is 4.31. The van der Waals surface area contributed by atoms with Gasteiger partial charge in [-0.05, 0) is 11.6 Å². The summed E-state index contributed by atoms with van der Waals surface area (Å²) in [6.07, 6.45) is 0.916. The second kappa shape index (κ2) is 5.72. The van der Waals surface area contributed by atoms with Crippen molar-refractivity contribution in [1.29, 1.82) is 0 Å². The highest BCUT2D eigenvalue weighted by Gasteiger charge is 2.27. The van der Waals surface area contributed by atoms with E-state index in [4.69, 9.17) is 4.74 Å². The van der Waals surface area contributed by atoms with Gasteiger partial charge in [0, 0.05) is 30.3 Å². The molecule has 2 aliphatic rings. The second-order valence-electron chi connectivity index (χ2n) is 6.37. The van der Waals surface area contributed by atoms with Crippen LogP contribution in [-0.4, -0.2) is 38.7 Å². The minimum Gasteiger partial charge on any atom is -0.376 e. The molecule has 0 saturated heterocycles. The number of amides is 1. The van der Waals surface area contributed by atoms with E-state index in [1.165, 1.54) is 10.4 Å². The highest BCUT2D eigenvalue weighted by molar-refractivity contribution is 7.14. The lowest BCUT2D eigenvalue weighted by molar-refractivity contribution is 0.0711. The number of rotatable bonds is 2. The number of carbonyl (C=O) groups excluding carboxylic acids is 1. The van der Waals surface area contributed by atoms with Crippen molar-refractivity contribution in [2.75, 3.05) is 13.2 Å². The second-order valence-corrected chi connectivity index (χ2v) is 7.51. The first kappa shape index (κ1) is 14.8. The van der Waals surface area contributed by atoms with E-state index in [0.29, 0.717) is 25.6 Å². The van der Waals surface area contributed by atoms with Crippen LogP contribution in [0.3, 0.4) is 0 Å². The van der Waals surface area contributed by atoms with Crippen LogP contribution in [0.5, 0.6) is 0 Å². The summed E-state index contributed by atoms with van der Waals surface area (Å²) in [5.41, 5.74) is 1.17. The van der Waals surface area contributed by atoms with Crippen molar-refractivity contribution >= 4 is 17.2 Å². The first-order chi connectivity index (χ1) is 11.1. The lowest BCUT2D eigenvalue weighted by atomic mass is 10.2. The number of carbonyl (C=O) groups is 1. The molecule has 4 heterocycles. The molecule has 2 aliphatic heterocycles. The Morgan fingerprint density at radius 3 is 3.00 bits per heavy atom. The largest absolute Gasteiger partial charge is 0.376 e. The molecule has 0 bridgehead atoms. The third-order valence-electron chi connectivity index (χ3n) is 4.42. The molecule has 2 aromatic heterocycles. The van der Waals surface area contributed by atoms with Gasteiger partial charge in [-0.2, -0.15) is 0 Å². The zero-order chi connectivity index (χ0) is 16.0. The molecule has 4 rings (SSSR count). The number of hydrogen-bond donors (Lipinski definition) is 0. The third kappa shape index (κ3) is 2.57.